The molecule has 0 N–H and O–H groups in total. The summed E-state index contributed by atoms with van der Waals surface area (Å²) >= 11 is 0. The Morgan fingerprint density at radius 3 is 3.00 bits per heavy atom. The third-order valence-electron chi connectivity index (χ3n) is 4.69. The lowest BCUT2D eigenvalue weighted by Crippen LogP contribution is -2.54. The third kappa shape index (κ3) is 2.67. The maximum absolute atomic E-state index is 14.0. The van der Waals surface area contributed by atoms with Crippen LogP contribution in [0.3, 0.4) is 0 Å². The van der Waals surface area contributed by atoms with Crippen LogP contribution in [0.1, 0.15) is 25.3 Å². The molecule has 0 unspecified atom stereocenters. The highest BCUT2D eigenvalue weighted by atomic mass is 19.1. The number of hydrogen-bond acceptors (Lipinski definition) is 3. The molecule has 0 bridgehead atoms. The van der Waals surface area contributed by atoms with Gasteiger partial charge >= 0.3 is 0 Å². The molecule has 0 aliphatic carbocycles. The van der Waals surface area contributed by atoms with Crippen LogP contribution in [0.15, 0.2) is 18.2 Å². The summed E-state index contributed by atoms with van der Waals surface area (Å²) in [5, 5.41) is 0. The Morgan fingerprint density at radius 1 is 1.35 bits per heavy atom. The number of benzene rings is 1. The number of piperazine rings is 1. The van der Waals surface area contributed by atoms with Crippen molar-refractivity contribution in [2.75, 3.05) is 26.7 Å². The van der Waals surface area contributed by atoms with Crippen LogP contribution >= 0.6 is 0 Å². The molecular formula is C16H23FN2O. The Balaban J connectivity index is 1.73. The van der Waals surface area contributed by atoms with Crippen molar-refractivity contribution in [3.05, 3.63) is 29.6 Å². The van der Waals surface area contributed by atoms with Crippen molar-refractivity contribution in [2.24, 2.45) is 0 Å². The zero-order chi connectivity index (χ0) is 14.1. The molecule has 0 radical (unpaired) electrons. The van der Waals surface area contributed by atoms with E-state index in [1.165, 1.54) is 25.5 Å². The number of fused-ring (bicyclic) bond motifs is 1. The molecule has 2 heterocycles. The average Bonchev–Trinajstić information content (AvgIpc) is 2.88. The molecule has 2 aliphatic heterocycles. The minimum absolute atomic E-state index is 0.133. The van der Waals surface area contributed by atoms with Crippen LogP contribution in [0.4, 0.5) is 4.39 Å². The van der Waals surface area contributed by atoms with Gasteiger partial charge in [-0.15, -0.1) is 0 Å². The van der Waals surface area contributed by atoms with Crippen molar-refractivity contribution < 1.29 is 9.13 Å². The second-order valence-corrected chi connectivity index (χ2v) is 6.03. The van der Waals surface area contributed by atoms with Crippen LogP contribution in [-0.2, 0) is 6.54 Å². The quantitative estimate of drug-likeness (QED) is 0.845. The van der Waals surface area contributed by atoms with E-state index in [0.717, 1.165) is 24.4 Å². The predicted molar refractivity (Wildman–Crippen MR) is 77.4 cm³/mol. The highest BCUT2D eigenvalue weighted by Gasteiger charge is 2.34. The van der Waals surface area contributed by atoms with Crippen LogP contribution in [0.25, 0.3) is 0 Å². The summed E-state index contributed by atoms with van der Waals surface area (Å²) in [6.45, 7) is 6.31. The molecule has 3 rings (SSSR count). The monoisotopic (exact) mass is 278 g/mol. The molecule has 2 aliphatic rings. The van der Waals surface area contributed by atoms with Crippen LogP contribution in [0, 0.1) is 5.82 Å². The molecule has 4 heteroatoms. The summed E-state index contributed by atoms with van der Waals surface area (Å²) < 4.78 is 19.2. The Hall–Kier alpha value is -1.13. The van der Waals surface area contributed by atoms with Gasteiger partial charge in [0.25, 0.3) is 0 Å². The smallest absolute Gasteiger partial charge is 0.127 e. The van der Waals surface area contributed by atoms with E-state index in [1.54, 1.807) is 13.2 Å². The third-order valence-corrected chi connectivity index (χ3v) is 4.69. The van der Waals surface area contributed by atoms with Gasteiger partial charge in [-0.05, 0) is 44.5 Å². The normalized spacial score (nSPS) is 27.6. The van der Waals surface area contributed by atoms with Gasteiger partial charge in [-0.2, -0.15) is 0 Å². The fraction of sp³-hybridized carbons (Fsp3) is 0.625. The average molecular weight is 278 g/mol. The van der Waals surface area contributed by atoms with E-state index in [4.69, 9.17) is 4.74 Å². The van der Waals surface area contributed by atoms with Crippen LogP contribution in [0.5, 0.6) is 5.75 Å². The van der Waals surface area contributed by atoms with E-state index in [-0.39, 0.29) is 5.82 Å². The Kier molecular flexibility index (Phi) is 3.94. The summed E-state index contributed by atoms with van der Waals surface area (Å²) in [6.07, 6.45) is 2.59. The molecule has 0 saturated carbocycles. The molecule has 0 amide bonds. The number of methoxy groups -OCH3 is 1. The molecule has 2 saturated heterocycles. The van der Waals surface area contributed by atoms with E-state index >= 15 is 0 Å². The van der Waals surface area contributed by atoms with Gasteiger partial charge in [0, 0.05) is 37.3 Å². The SMILES string of the molecule is COc1ccc(F)c(CN2C[C@H]3CCCN3C[C@@H]2C)c1. The molecule has 1 aromatic rings. The van der Waals surface area contributed by atoms with Crippen LogP contribution in [0.2, 0.25) is 0 Å². The minimum atomic E-state index is -0.133. The lowest BCUT2D eigenvalue weighted by atomic mass is 10.1. The van der Waals surface area contributed by atoms with Gasteiger partial charge < -0.3 is 4.74 Å². The van der Waals surface area contributed by atoms with E-state index in [2.05, 4.69) is 16.7 Å². The molecule has 2 atom stereocenters. The lowest BCUT2D eigenvalue weighted by Gasteiger charge is -2.42. The van der Waals surface area contributed by atoms with Gasteiger partial charge in [0.05, 0.1) is 7.11 Å². The number of ether oxygens (including phenoxy) is 1. The van der Waals surface area contributed by atoms with Crippen molar-refractivity contribution in [3.8, 4) is 5.75 Å². The molecule has 0 aromatic heterocycles. The Bertz CT molecular complexity index is 480. The first kappa shape index (κ1) is 13.8. The van der Waals surface area contributed by atoms with E-state index in [0.29, 0.717) is 18.6 Å². The van der Waals surface area contributed by atoms with Crippen molar-refractivity contribution in [3.63, 3.8) is 0 Å². The molecule has 3 nitrogen and oxygen atoms in total. The first-order valence-electron chi connectivity index (χ1n) is 7.48. The van der Waals surface area contributed by atoms with Crippen LogP contribution in [-0.4, -0.2) is 48.6 Å². The van der Waals surface area contributed by atoms with Gasteiger partial charge in [0.1, 0.15) is 11.6 Å². The molecular weight excluding hydrogens is 255 g/mol. The van der Waals surface area contributed by atoms with Crippen molar-refractivity contribution >= 4 is 0 Å². The minimum Gasteiger partial charge on any atom is -0.497 e. The highest BCUT2D eigenvalue weighted by molar-refractivity contribution is 5.29. The number of rotatable bonds is 3. The first-order chi connectivity index (χ1) is 9.67. The summed E-state index contributed by atoms with van der Waals surface area (Å²) in [5.74, 6) is 0.598. The largest absolute Gasteiger partial charge is 0.497 e. The molecule has 0 spiro atoms. The summed E-state index contributed by atoms with van der Waals surface area (Å²) in [4.78, 5) is 4.99. The zero-order valence-electron chi connectivity index (χ0n) is 12.3. The van der Waals surface area contributed by atoms with Gasteiger partial charge in [-0.25, -0.2) is 4.39 Å². The maximum Gasteiger partial charge on any atom is 0.127 e. The van der Waals surface area contributed by atoms with E-state index in [9.17, 15) is 4.39 Å². The van der Waals surface area contributed by atoms with Crippen molar-refractivity contribution in [2.45, 2.75) is 38.4 Å². The standard InChI is InChI=1S/C16H23FN2O/c1-12-9-18-7-3-4-14(18)11-19(12)10-13-8-15(20-2)5-6-16(13)17/h5-6,8,12,14H,3-4,7,9-11H2,1-2H3/t12-,14+/m0/s1. The van der Waals surface area contributed by atoms with Gasteiger partial charge in [-0.1, -0.05) is 0 Å². The Labute approximate surface area is 120 Å². The molecule has 20 heavy (non-hydrogen) atoms. The molecule has 2 fully saturated rings. The van der Waals surface area contributed by atoms with E-state index in [1.807, 2.05) is 6.07 Å². The summed E-state index contributed by atoms with van der Waals surface area (Å²) in [7, 11) is 1.62. The van der Waals surface area contributed by atoms with Gasteiger partial charge in [-0.3, -0.25) is 9.80 Å². The van der Waals surface area contributed by atoms with Crippen molar-refractivity contribution in [1.82, 2.24) is 9.80 Å². The predicted octanol–water partition coefficient (Wildman–Crippen LogP) is 2.50. The number of nitrogens with zero attached hydrogens (tertiary/aromatic N) is 2. The Morgan fingerprint density at radius 2 is 2.20 bits per heavy atom. The first-order valence-corrected chi connectivity index (χ1v) is 7.48. The fourth-order valence-corrected chi connectivity index (χ4v) is 3.49. The van der Waals surface area contributed by atoms with E-state index < -0.39 is 0 Å². The molecule has 1 aromatic carbocycles. The fourth-order valence-electron chi connectivity index (χ4n) is 3.49. The summed E-state index contributed by atoms with van der Waals surface area (Å²) in [6, 6.07) is 6.15. The van der Waals surface area contributed by atoms with Crippen molar-refractivity contribution in [1.29, 1.82) is 0 Å². The highest BCUT2D eigenvalue weighted by Crippen LogP contribution is 2.27. The van der Waals surface area contributed by atoms with Gasteiger partial charge in [0.15, 0.2) is 0 Å². The second kappa shape index (κ2) is 5.70. The zero-order valence-corrected chi connectivity index (χ0v) is 12.3. The maximum atomic E-state index is 14.0. The van der Waals surface area contributed by atoms with Gasteiger partial charge in [0.2, 0.25) is 0 Å². The number of hydrogen-bond donors (Lipinski definition) is 0. The topological polar surface area (TPSA) is 15.7 Å². The second-order valence-electron chi connectivity index (χ2n) is 6.03. The lowest BCUT2D eigenvalue weighted by molar-refractivity contribution is 0.0532. The van der Waals surface area contributed by atoms with Crippen LogP contribution < -0.4 is 4.74 Å². The summed E-state index contributed by atoms with van der Waals surface area (Å²) in [5.41, 5.74) is 0.739. The number of halogens is 1. The molecule has 110 valence electrons.